The van der Waals surface area contributed by atoms with Crippen LogP contribution in [0.2, 0.25) is 0 Å². The molecular formula is C19H26N4O. The normalized spacial score (nSPS) is 15.7. The Labute approximate surface area is 143 Å². The van der Waals surface area contributed by atoms with Crippen LogP contribution < -0.4 is 0 Å². The summed E-state index contributed by atoms with van der Waals surface area (Å²) in [5.74, 6) is 1.63. The van der Waals surface area contributed by atoms with Gasteiger partial charge < -0.3 is 9.47 Å². The molecule has 1 fully saturated rings. The van der Waals surface area contributed by atoms with Gasteiger partial charge >= 0.3 is 0 Å². The average molecular weight is 326 g/mol. The fourth-order valence-corrected chi connectivity index (χ4v) is 3.39. The Balaban J connectivity index is 1.65. The first-order chi connectivity index (χ1) is 11.6. The number of piperidine rings is 1. The first kappa shape index (κ1) is 16.7. The van der Waals surface area contributed by atoms with Crippen molar-refractivity contribution in [1.29, 1.82) is 0 Å². The van der Waals surface area contributed by atoms with E-state index in [-0.39, 0.29) is 5.91 Å². The molecule has 5 heteroatoms. The van der Waals surface area contributed by atoms with Crippen LogP contribution >= 0.6 is 0 Å². The highest BCUT2D eigenvalue weighted by Crippen LogP contribution is 2.27. The van der Waals surface area contributed by atoms with Gasteiger partial charge in [0.15, 0.2) is 0 Å². The second kappa shape index (κ2) is 7.16. The van der Waals surface area contributed by atoms with E-state index in [0.717, 1.165) is 50.3 Å². The van der Waals surface area contributed by atoms with Crippen LogP contribution in [0.25, 0.3) is 0 Å². The zero-order valence-electron chi connectivity index (χ0n) is 14.8. The monoisotopic (exact) mass is 326 g/mol. The molecule has 128 valence electrons. The lowest BCUT2D eigenvalue weighted by atomic mass is 9.95. The molecule has 24 heavy (non-hydrogen) atoms. The highest BCUT2D eigenvalue weighted by molar-refractivity contribution is 5.94. The number of rotatable bonds is 4. The van der Waals surface area contributed by atoms with Crippen molar-refractivity contribution >= 4 is 5.91 Å². The lowest BCUT2D eigenvalue weighted by Gasteiger charge is -2.31. The molecule has 0 spiro atoms. The summed E-state index contributed by atoms with van der Waals surface area (Å²) in [6.45, 7) is 8.82. The molecule has 1 aromatic carbocycles. The van der Waals surface area contributed by atoms with Gasteiger partial charge in [0.2, 0.25) is 0 Å². The highest BCUT2D eigenvalue weighted by atomic mass is 16.2. The number of hydrogen-bond acceptors (Lipinski definition) is 3. The minimum Gasteiger partial charge on any atom is -0.339 e. The molecule has 0 saturated carbocycles. The molecular weight excluding hydrogens is 300 g/mol. The predicted octanol–water partition coefficient (Wildman–Crippen LogP) is 3.32. The molecule has 1 amide bonds. The van der Waals surface area contributed by atoms with Gasteiger partial charge in [0.05, 0.1) is 0 Å². The molecule has 0 bridgehead atoms. The average Bonchev–Trinajstić information content (AvgIpc) is 3.05. The third kappa shape index (κ3) is 3.35. The number of amides is 1. The SMILES string of the molecule is CCCn1cnnc1C1CCN(C(=O)c2ccc(C)c(C)c2)CC1. The summed E-state index contributed by atoms with van der Waals surface area (Å²) in [7, 11) is 0. The number of aryl methyl sites for hydroxylation is 3. The molecule has 2 heterocycles. The second-order valence-corrected chi connectivity index (χ2v) is 6.75. The Morgan fingerprint density at radius 3 is 2.62 bits per heavy atom. The van der Waals surface area contributed by atoms with E-state index in [1.165, 1.54) is 11.1 Å². The molecule has 5 nitrogen and oxygen atoms in total. The standard InChI is InChI=1S/C19H26N4O/c1-4-9-23-13-20-21-18(23)16-7-10-22(11-8-16)19(24)17-6-5-14(2)15(3)12-17/h5-6,12-13,16H,4,7-11H2,1-3H3. The van der Waals surface area contributed by atoms with Crippen molar-refractivity contribution in [2.45, 2.75) is 52.5 Å². The van der Waals surface area contributed by atoms with Crippen LogP contribution in [0, 0.1) is 13.8 Å². The summed E-state index contributed by atoms with van der Waals surface area (Å²) in [5.41, 5.74) is 3.19. The Morgan fingerprint density at radius 1 is 1.21 bits per heavy atom. The van der Waals surface area contributed by atoms with Crippen molar-refractivity contribution in [2.24, 2.45) is 0 Å². The van der Waals surface area contributed by atoms with Crippen LogP contribution in [0.3, 0.4) is 0 Å². The van der Waals surface area contributed by atoms with Crippen molar-refractivity contribution in [2.75, 3.05) is 13.1 Å². The molecule has 1 aromatic heterocycles. The van der Waals surface area contributed by atoms with Gasteiger partial charge in [-0.05, 0) is 56.4 Å². The molecule has 0 unspecified atom stereocenters. The minimum atomic E-state index is 0.145. The Kier molecular flexibility index (Phi) is 4.97. The molecule has 0 N–H and O–H groups in total. The number of hydrogen-bond donors (Lipinski definition) is 0. The third-order valence-electron chi connectivity index (χ3n) is 5.01. The predicted molar refractivity (Wildman–Crippen MR) is 94.1 cm³/mol. The fraction of sp³-hybridized carbons (Fsp3) is 0.526. The van der Waals surface area contributed by atoms with Crippen LogP contribution in [0.15, 0.2) is 24.5 Å². The van der Waals surface area contributed by atoms with Gasteiger partial charge in [0.25, 0.3) is 5.91 Å². The van der Waals surface area contributed by atoms with E-state index >= 15 is 0 Å². The Bertz CT molecular complexity index is 714. The van der Waals surface area contributed by atoms with E-state index in [1.54, 1.807) is 0 Å². The summed E-state index contributed by atoms with van der Waals surface area (Å²) in [5, 5.41) is 8.39. The molecule has 0 atom stereocenters. The van der Waals surface area contributed by atoms with E-state index in [4.69, 9.17) is 0 Å². The number of aromatic nitrogens is 3. The van der Waals surface area contributed by atoms with Gasteiger partial charge in [-0.25, -0.2) is 0 Å². The lowest BCUT2D eigenvalue weighted by molar-refractivity contribution is 0.0710. The molecule has 0 aliphatic carbocycles. The number of carbonyl (C=O) groups is 1. The zero-order valence-corrected chi connectivity index (χ0v) is 14.8. The quantitative estimate of drug-likeness (QED) is 0.866. The van der Waals surface area contributed by atoms with E-state index in [9.17, 15) is 4.79 Å². The Morgan fingerprint density at radius 2 is 1.96 bits per heavy atom. The van der Waals surface area contributed by atoms with Gasteiger partial charge in [-0.3, -0.25) is 4.79 Å². The minimum absolute atomic E-state index is 0.145. The van der Waals surface area contributed by atoms with Gasteiger partial charge in [-0.2, -0.15) is 0 Å². The maximum absolute atomic E-state index is 12.7. The van der Waals surface area contributed by atoms with E-state index in [1.807, 2.05) is 29.4 Å². The second-order valence-electron chi connectivity index (χ2n) is 6.75. The smallest absolute Gasteiger partial charge is 0.253 e. The van der Waals surface area contributed by atoms with Crippen LogP contribution in [0.1, 0.15) is 59.4 Å². The van der Waals surface area contributed by atoms with Crippen LogP contribution in [0.5, 0.6) is 0 Å². The van der Waals surface area contributed by atoms with E-state index in [0.29, 0.717) is 5.92 Å². The summed E-state index contributed by atoms with van der Waals surface area (Å²) in [4.78, 5) is 14.7. The molecule has 2 aromatic rings. The maximum atomic E-state index is 12.7. The summed E-state index contributed by atoms with van der Waals surface area (Å²) in [6, 6.07) is 5.97. The van der Waals surface area contributed by atoms with Crippen LogP contribution in [0.4, 0.5) is 0 Å². The molecule has 3 rings (SSSR count). The summed E-state index contributed by atoms with van der Waals surface area (Å²) in [6.07, 6.45) is 4.82. The third-order valence-corrected chi connectivity index (χ3v) is 5.01. The first-order valence-corrected chi connectivity index (χ1v) is 8.84. The molecule has 1 aliphatic rings. The van der Waals surface area contributed by atoms with Gasteiger partial charge in [-0.15, -0.1) is 10.2 Å². The van der Waals surface area contributed by atoms with E-state index in [2.05, 4.69) is 35.5 Å². The van der Waals surface area contributed by atoms with Gasteiger partial charge in [-0.1, -0.05) is 13.0 Å². The fourth-order valence-electron chi connectivity index (χ4n) is 3.39. The summed E-state index contributed by atoms with van der Waals surface area (Å²) < 4.78 is 2.16. The number of carbonyl (C=O) groups excluding carboxylic acids is 1. The first-order valence-electron chi connectivity index (χ1n) is 8.84. The number of nitrogens with zero attached hydrogens (tertiary/aromatic N) is 4. The van der Waals surface area contributed by atoms with Crippen molar-refractivity contribution < 1.29 is 4.79 Å². The highest BCUT2D eigenvalue weighted by Gasteiger charge is 2.27. The summed E-state index contributed by atoms with van der Waals surface area (Å²) >= 11 is 0. The topological polar surface area (TPSA) is 51.0 Å². The molecule has 1 aliphatic heterocycles. The van der Waals surface area contributed by atoms with Crippen LogP contribution in [-0.2, 0) is 6.54 Å². The van der Waals surface area contributed by atoms with E-state index < -0.39 is 0 Å². The maximum Gasteiger partial charge on any atom is 0.253 e. The van der Waals surface area contributed by atoms with Crippen LogP contribution in [-0.4, -0.2) is 38.7 Å². The van der Waals surface area contributed by atoms with Gasteiger partial charge in [0.1, 0.15) is 12.2 Å². The van der Waals surface area contributed by atoms with Crippen molar-refractivity contribution in [3.05, 3.63) is 47.0 Å². The van der Waals surface area contributed by atoms with Crippen molar-refractivity contribution in [1.82, 2.24) is 19.7 Å². The van der Waals surface area contributed by atoms with Crippen molar-refractivity contribution in [3.8, 4) is 0 Å². The molecule has 1 saturated heterocycles. The zero-order chi connectivity index (χ0) is 17.1. The number of likely N-dealkylation sites (tertiary alicyclic amines) is 1. The Hall–Kier alpha value is -2.17. The lowest BCUT2D eigenvalue weighted by Crippen LogP contribution is -2.38. The van der Waals surface area contributed by atoms with Crippen molar-refractivity contribution in [3.63, 3.8) is 0 Å². The molecule has 0 radical (unpaired) electrons. The van der Waals surface area contributed by atoms with Gasteiger partial charge in [0, 0.05) is 31.1 Å². The largest absolute Gasteiger partial charge is 0.339 e. The number of benzene rings is 1.